The summed E-state index contributed by atoms with van der Waals surface area (Å²) in [5, 5.41) is 2.89. The number of hydrogen-bond donors (Lipinski definition) is 1. The molecular formula is C13H24N2O2. The Hall–Kier alpha value is -1.06. The van der Waals surface area contributed by atoms with Gasteiger partial charge in [-0.05, 0) is 25.2 Å². The second-order valence-corrected chi connectivity index (χ2v) is 5.23. The van der Waals surface area contributed by atoms with Gasteiger partial charge in [-0.15, -0.1) is 0 Å². The molecule has 0 heterocycles. The van der Waals surface area contributed by atoms with E-state index in [1.807, 2.05) is 4.90 Å². The number of rotatable bonds is 7. The van der Waals surface area contributed by atoms with E-state index in [0.29, 0.717) is 24.9 Å². The molecule has 0 atom stereocenters. The zero-order chi connectivity index (χ0) is 12.8. The lowest BCUT2D eigenvalue weighted by atomic mass is 10.1. The number of hydrogen-bond acceptors (Lipinski definition) is 2. The van der Waals surface area contributed by atoms with Gasteiger partial charge in [0.05, 0.1) is 0 Å². The highest BCUT2D eigenvalue weighted by Crippen LogP contribution is 2.26. The highest BCUT2D eigenvalue weighted by atomic mass is 16.2. The monoisotopic (exact) mass is 240 g/mol. The Morgan fingerprint density at radius 1 is 1.35 bits per heavy atom. The van der Waals surface area contributed by atoms with Crippen molar-refractivity contribution in [2.45, 2.75) is 52.5 Å². The van der Waals surface area contributed by atoms with E-state index in [9.17, 15) is 9.59 Å². The molecule has 0 spiro atoms. The number of nitrogens with zero attached hydrogens (tertiary/aromatic N) is 1. The predicted molar refractivity (Wildman–Crippen MR) is 67.5 cm³/mol. The number of carbonyl (C=O) groups is 2. The summed E-state index contributed by atoms with van der Waals surface area (Å²) in [5.41, 5.74) is 0. The van der Waals surface area contributed by atoms with E-state index < -0.39 is 0 Å². The van der Waals surface area contributed by atoms with Crippen molar-refractivity contribution in [1.29, 1.82) is 0 Å². The molecule has 1 aliphatic rings. The first-order chi connectivity index (χ1) is 8.00. The molecule has 4 heteroatoms. The van der Waals surface area contributed by atoms with Crippen molar-refractivity contribution in [3.05, 3.63) is 0 Å². The quantitative estimate of drug-likeness (QED) is 0.734. The third-order valence-electron chi connectivity index (χ3n) is 3.02. The Bertz CT molecular complexity index is 273. The molecule has 1 N–H and O–H groups in total. The van der Waals surface area contributed by atoms with Crippen molar-refractivity contribution in [2.24, 2.45) is 5.92 Å². The summed E-state index contributed by atoms with van der Waals surface area (Å²) in [6.45, 7) is 7.15. The molecule has 98 valence electrons. The molecule has 0 unspecified atom stereocenters. The molecule has 1 rings (SSSR count). The van der Waals surface area contributed by atoms with Crippen LogP contribution in [0.15, 0.2) is 0 Å². The van der Waals surface area contributed by atoms with Crippen molar-refractivity contribution in [3.8, 4) is 0 Å². The molecule has 0 aromatic heterocycles. The predicted octanol–water partition coefficient (Wildman–Crippen LogP) is 1.55. The van der Waals surface area contributed by atoms with Crippen molar-refractivity contribution in [1.82, 2.24) is 10.2 Å². The summed E-state index contributed by atoms with van der Waals surface area (Å²) in [5.74, 6) is 0.746. The van der Waals surface area contributed by atoms with E-state index in [1.165, 1.54) is 0 Å². The summed E-state index contributed by atoms with van der Waals surface area (Å²) in [7, 11) is 0. The Morgan fingerprint density at radius 3 is 2.47 bits per heavy atom. The first kappa shape index (κ1) is 14.0. The number of nitrogens with one attached hydrogen (secondary N) is 1. The zero-order valence-corrected chi connectivity index (χ0v) is 11.2. The molecule has 0 aromatic carbocycles. The first-order valence-electron chi connectivity index (χ1n) is 6.54. The van der Waals surface area contributed by atoms with E-state index in [2.05, 4.69) is 19.2 Å². The Labute approximate surface area is 104 Å². The van der Waals surface area contributed by atoms with Gasteiger partial charge in [0, 0.05) is 32.5 Å². The maximum atomic E-state index is 11.5. The van der Waals surface area contributed by atoms with Crippen molar-refractivity contribution in [2.75, 3.05) is 13.1 Å². The Balaban J connectivity index is 2.15. The Morgan fingerprint density at radius 2 is 2.00 bits per heavy atom. The summed E-state index contributed by atoms with van der Waals surface area (Å²) >= 11 is 0. The lowest BCUT2D eigenvalue weighted by molar-refractivity contribution is -0.130. The van der Waals surface area contributed by atoms with Gasteiger partial charge in [-0.2, -0.15) is 0 Å². The maximum Gasteiger partial charge on any atom is 0.221 e. The standard InChI is InChI=1S/C13H24N2O2/c1-10(2)6-8-14-13(17)7-9-15(11(3)16)12-4-5-12/h10,12H,4-9H2,1-3H3,(H,14,17). The van der Waals surface area contributed by atoms with E-state index in [1.54, 1.807) is 6.92 Å². The van der Waals surface area contributed by atoms with Crippen LogP contribution >= 0.6 is 0 Å². The summed E-state index contributed by atoms with van der Waals surface area (Å²) in [4.78, 5) is 24.7. The molecule has 0 saturated heterocycles. The maximum absolute atomic E-state index is 11.5. The minimum absolute atomic E-state index is 0.0533. The third-order valence-corrected chi connectivity index (χ3v) is 3.02. The van der Waals surface area contributed by atoms with Crippen LogP contribution in [-0.4, -0.2) is 35.8 Å². The lowest BCUT2D eigenvalue weighted by Gasteiger charge is -2.20. The van der Waals surface area contributed by atoms with Crippen LogP contribution in [0.1, 0.15) is 46.5 Å². The molecule has 1 fully saturated rings. The fourth-order valence-electron chi connectivity index (χ4n) is 1.79. The van der Waals surface area contributed by atoms with Crippen LogP contribution in [0.5, 0.6) is 0 Å². The average molecular weight is 240 g/mol. The molecule has 1 saturated carbocycles. The van der Waals surface area contributed by atoms with Gasteiger partial charge in [0.1, 0.15) is 0 Å². The van der Waals surface area contributed by atoms with Crippen LogP contribution < -0.4 is 5.32 Å². The van der Waals surface area contributed by atoms with Crippen LogP contribution in [0.25, 0.3) is 0 Å². The van der Waals surface area contributed by atoms with E-state index >= 15 is 0 Å². The van der Waals surface area contributed by atoms with Crippen LogP contribution in [0, 0.1) is 5.92 Å². The summed E-state index contributed by atoms with van der Waals surface area (Å²) < 4.78 is 0. The molecular weight excluding hydrogens is 216 g/mol. The second kappa shape index (κ2) is 6.62. The highest BCUT2D eigenvalue weighted by Gasteiger charge is 2.30. The van der Waals surface area contributed by atoms with Gasteiger partial charge < -0.3 is 10.2 Å². The normalized spacial score (nSPS) is 14.8. The van der Waals surface area contributed by atoms with Crippen molar-refractivity contribution >= 4 is 11.8 Å². The molecule has 0 aromatic rings. The fraction of sp³-hybridized carbons (Fsp3) is 0.846. The van der Waals surface area contributed by atoms with Crippen LogP contribution in [0.2, 0.25) is 0 Å². The average Bonchev–Trinajstić information content (AvgIpc) is 3.01. The van der Waals surface area contributed by atoms with Gasteiger partial charge in [-0.1, -0.05) is 13.8 Å². The first-order valence-corrected chi connectivity index (χ1v) is 6.54. The van der Waals surface area contributed by atoms with Crippen molar-refractivity contribution < 1.29 is 9.59 Å². The molecule has 17 heavy (non-hydrogen) atoms. The van der Waals surface area contributed by atoms with Gasteiger partial charge in [-0.3, -0.25) is 9.59 Å². The van der Waals surface area contributed by atoms with Crippen molar-refractivity contribution in [3.63, 3.8) is 0 Å². The van der Waals surface area contributed by atoms with Gasteiger partial charge in [0.25, 0.3) is 0 Å². The van der Waals surface area contributed by atoms with Crippen LogP contribution in [0.3, 0.4) is 0 Å². The molecule has 0 radical (unpaired) electrons. The SMILES string of the molecule is CC(=O)N(CCC(=O)NCCC(C)C)C1CC1. The molecule has 1 aliphatic carbocycles. The van der Waals surface area contributed by atoms with Gasteiger partial charge in [0.2, 0.25) is 11.8 Å². The smallest absolute Gasteiger partial charge is 0.221 e. The highest BCUT2D eigenvalue weighted by molar-refractivity contribution is 5.78. The van der Waals surface area contributed by atoms with E-state index in [0.717, 1.165) is 25.8 Å². The molecule has 0 bridgehead atoms. The minimum Gasteiger partial charge on any atom is -0.356 e. The van der Waals surface area contributed by atoms with E-state index in [4.69, 9.17) is 0 Å². The van der Waals surface area contributed by atoms with Gasteiger partial charge >= 0.3 is 0 Å². The lowest BCUT2D eigenvalue weighted by Crippen LogP contribution is -2.35. The van der Waals surface area contributed by atoms with Gasteiger partial charge in [0.15, 0.2) is 0 Å². The minimum atomic E-state index is 0.0533. The third kappa shape index (κ3) is 5.71. The number of carbonyl (C=O) groups excluding carboxylic acids is 2. The summed E-state index contributed by atoms with van der Waals surface area (Å²) in [6, 6.07) is 0.399. The Kier molecular flexibility index (Phi) is 5.45. The second-order valence-electron chi connectivity index (χ2n) is 5.23. The summed E-state index contributed by atoms with van der Waals surface area (Å²) in [6.07, 6.45) is 3.61. The van der Waals surface area contributed by atoms with Crippen LogP contribution in [0.4, 0.5) is 0 Å². The zero-order valence-electron chi connectivity index (χ0n) is 11.2. The molecule has 0 aliphatic heterocycles. The van der Waals surface area contributed by atoms with E-state index in [-0.39, 0.29) is 11.8 Å². The topological polar surface area (TPSA) is 49.4 Å². The molecule has 4 nitrogen and oxygen atoms in total. The fourth-order valence-corrected chi connectivity index (χ4v) is 1.79. The number of amides is 2. The van der Waals surface area contributed by atoms with Gasteiger partial charge in [-0.25, -0.2) is 0 Å². The largest absolute Gasteiger partial charge is 0.356 e. The van der Waals surface area contributed by atoms with Crippen LogP contribution in [-0.2, 0) is 9.59 Å². The molecule has 2 amide bonds.